The molecular formula is C18H17FN4O3. The van der Waals surface area contributed by atoms with E-state index in [1.54, 1.807) is 43.4 Å². The van der Waals surface area contributed by atoms with E-state index < -0.39 is 12.0 Å². The van der Waals surface area contributed by atoms with Crippen molar-refractivity contribution >= 4 is 5.97 Å². The smallest absolute Gasteiger partial charge is 0.325 e. The molecule has 0 aliphatic heterocycles. The summed E-state index contributed by atoms with van der Waals surface area (Å²) in [7, 11) is 1.63. The third-order valence-electron chi connectivity index (χ3n) is 3.96. The number of aryl methyl sites for hydroxylation is 1. The average molecular weight is 356 g/mol. The lowest BCUT2D eigenvalue weighted by molar-refractivity contribution is -0.143. The summed E-state index contributed by atoms with van der Waals surface area (Å²) < 4.78 is 18.7. The highest BCUT2D eigenvalue weighted by Gasteiger charge is 2.26. The Morgan fingerprint density at radius 2 is 2.04 bits per heavy atom. The minimum absolute atomic E-state index is 0.130. The van der Waals surface area contributed by atoms with E-state index in [4.69, 9.17) is 4.52 Å². The van der Waals surface area contributed by atoms with E-state index in [2.05, 4.69) is 15.1 Å². The van der Waals surface area contributed by atoms with Crippen molar-refractivity contribution in [2.24, 2.45) is 0 Å². The lowest BCUT2D eigenvalue weighted by atomic mass is 10.0. The molecule has 1 N–H and O–H groups in total. The number of nitrogens with zero attached hydrogens (tertiary/aromatic N) is 4. The maximum Gasteiger partial charge on any atom is 0.325 e. The van der Waals surface area contributed by atoms with E-state index in [-0.39, 0.29) is 18.3 Å². The van der Waals surface area contributed by atoms with Crippen LogP contribution in [-0.2, 0) is 11.3 Å². The maximum atomic E-state index is 13.5. The predicted molar refractivity (Wildman–Crippen MR) is 90.5 cm³/mol. The molecule has 0 amide bonds. The number of carboxylic acids is 1. The summed E-state index contributed by atoms with van der Waals surface area (Å²) in [6, 6.07) is 6.79. The van der Waals surface area contributed by atoms with Gasteiger partial charge in [-0.1, -0.05) is 17.3 Å². The molecule has 0 bridgehead atoms. The standard InChI is InChI=1S/C18H17FN4O3/c1-11-9-13(3-4-14(11)19)16(18(24)25)23(2)10-15-21-17(22-26-15)12-5-7-20-8-6-12/h3-9,16H,10H2,1-2H3,(H,24,25)/t16-/m1/s1. The third-order valence-corrected chi connectivity index (χ3v) is 3.96. The number of likely N-dealkylation sites (N-methyl/N-ethyl adjacent to an activating group) is 1. The van der Waals surface area contributed by atoms with Gasteiger partial charge in [0.25, 0.3) is 0 Å². The number of aromatic nitrogens is 3. The fraction of sp³-hybridized carbons (Fsp3) is 0.222. The summed E-state index contributed by atoms with van der Waals surface area (Å²) in [5.41, 5.74) is 1.62. The van der Waals surface area contributed by atoms with E-state index in [0.29, 0.717) is 17.0 Å². The molecule has 2 heterocycles. The normalized spacial score (nSPS) is 12.3. The summed E-state index contributed by atoms with van der Waals surface area (Å²) in [4.78, 5) is 21.5. The number of pyridine rings is 1. The molecule has 1 aromatic carbocycles. The molecule has 0 unspecified atom stereocenters. The Labute approximate surface area is 149 Å². The molecule has 3 rings (SSSR count). The van der Waals surface area contributed by atoms with Crippen molar-refractivity contribution in [3.63, 3.8) is 0 Å². The minimum Gasteiger partial charge on any atom is -0.480 e. The average Bonchev–Trinajstić information content (AvgIpc) is 3.07. The molecule has 0 aliphatic rings. The Morgan fingerprint density at radius 1 is 1.31 bits per heavy atom. The number of benzene rings is 1. The number of carbonyl (C=O) groups is 1. The highest BCUT2D eigenvalue weighted by atomic mass is 19.1. The van der Waals surface area contributed by atoms with Crippen LogP contribution in [0.3, 0.4) is 0 Å². The topological polar surface area (TPSA) is 92.3 Å². The van der Waals surface area contributed by atoms with Gasteiger partial charge in [-0.25, -0.2) is 4.39 Å². The zero-order valence-electron chi connectivity index (χ0n) is 14.3. The van der Waals surface area contributed by atoms with E-state index in [9.17, 15) is 14.3 Å². The van der Waals surface area contributed by atoms with E-state index in [1.807, 2.05) is 0 Å². The van der Waals surface area contributed by atoms with Crippen LogP contribution in [0.25, 0.3) is 11.4 Å². The lowest BCUT2D eigenvalue weighted by Crippen LogP contribution is -2.30. The van der Waals surface area contributed by atoms with Crippen LogP contribution in [0.2, 0.25) is 0 Å². The van der Waals surface area contributed by atoms with Gasteiger partial charge in [-0.15, -0.1) is 0 Å². The van der Waals surface area contributed by atoms with Crippen molar-refractivity contribution in [2.75, 3.05) is 7.05 Å². The van der Waals surface area contributed by atoms with Crippen molar-refractivity contribution in [1.82, 2.24) is 20.0 Å². The highest BCUT2D eigenvalue weighted by Crippen LogP contribution is 2.24. The first-order chi connectivity index (χ1) is 12.5. The van der Waals surface area contributed by atoms with E-state index in [0.717, 1.165) is 5.56 Å². The Morgan fingerprint density at radius 3 is 2.69 bits per heavy atom. The van der Waals surface area contributed by atoms with Crippen molar-refractivity contribution in [1.29, 1.82) is 0 Å². The Bertz CT molecular complexity index is 914. The van der Waals surface area contributed by atoms with Crippen molar-refractivity contribution in [3.05, 3.63) is 65.6 Å². The molecule has 0 saturated heterocycles. The second kappa shape index (κ2) is 7.40. The van der Waals surface area contributed by atoms with Gasteiger partial charge in [0.2, 0.25) is 11.7 Å². The monoisotopic (exact) mass is 356 g/mol. The van der Waals surface area contributed by atoms with Gasteiger partial charge < -0.3 is 9.63 Å². The molecule has 0 saturated carbocycles. The fourth-order valence-corrected chi connectivity index (χ4v) is 2.67. The lowest BCUT2D eigenvalue weighted by Gasteiger charge is -2.23. The molecule has 26 heavy (non-hydrogen) atoms. The number of hydrogen-bond acceptors (Lipinski definition) is 6. The number of hydrogen-bond donors (Lipinski definition) is 1. The van der Waals surface area contributed by atoms with Crippen LogP contribution in [-0.4, -0.2) is 38.1 Å². The summed E-state index contributed by atoms with van der Waals surface area (Å²) in [6.07, 6.45) is 3.24. The minimum atomic E-state index is -1.05. The largest absolute Gasteiger partial charge is 0.480 e. The van der Waals surface area contributed by atoms with Crippen LogP contribution in [0.5, 0.6) is 0 Å². The molecular weight excluding hydrogens is 339 g/mol. The molecule has 2 aromatic heterocycles. The van der Waals surface area contributed by atoms with Crippen molar-refractivity contribution in [3.8, 4) is 11.4 Å². The summed E-state index contributed by atoms with van der Waals surface area (Å²) in [5.74, 6) is -0.739. The van der Waals surface area contributed by atoms with Gasteiger partial charge in [0.15, 0.2) is 0 Å². The summed E-state index contributed by atoms with van der Waals surface area (Å²) in [5, 5.41) is 13.5. The molecule has 7 nitrogen and oxygen atoms in total. The predicted octanol–water partition coefficient (Wildman–Crippen LogP) is 2.84. The first-order valence-corrected chi connectivity index (χ1v) is 7.88. The zero-order chi connectivity index (χ0) is 18.7. The van der Waals surface area contributed by atoms with Gasteiger partial charge in [-0.05, 0) is 43.3 Å². The Kier molecular flexibility index (Phi) is 5.04. The summed E-state index contributed by atoms with van der Waals surface area (Å²) >= 11 is 0. The first-order valence-electron chi connectivity index (χ1n) is 7.88. The van der Waals surface area contributed by atoms with Crippen LogP contribution in [0.4, 0.5) is 4.39 Å². The summed E-state index contributed by atoms with van der Waals surface area (Å²) in [6.45, 7) is 1.72. The van der Waals surface area contributed by atoms with Crippen LogP contribution >= 0.6 is 0 Å². The number of carboxylic acid groups (broad SMARTS) is 1. The molecule has 1 atom stereocenters. The van der Waals surface area contributed by atoms with Gasteiger partial charge in [0.1, 0.15) is 11.9 Å². The first kappa shape index (κ1) is 17.7. The molecule has 0 aliphatic carbocycles. The Balaban J connectivity index is 1.80. The van der Waals surface area contributed by atoms with E-state index in [1.165, 1.54) is 18.2 Å². The molecule has 3 aromatic rings. The molecule has 0 fully saturated rings. The number of rotatable bonds is 6. The Hall–Kier alpha value is -3.13. The van der Waals surface area contributed by atoms with Crippen molar-refractivity contribution in [2.45, 2.75) is 19.5 Å². The van der Waals surface area contributed by atoms with Gasteiger partial charge in [-0.2, -0.15) is 4.98 Å². The van der Waals surface area contributed by atoms with Crippen LogP contribution in [0.1, 0.15) is 23.1 Å². The van der Waals surface area contributed by atoms with Gasteiger partial charge in [0, 0.05) is 18.0 Å². The van der Waals surface area contributed by atoms with E-state index >= 15 is 0 Å². The number of halogens is 1. The van der Waals surface area contributed by atoms with Crippen LogP contribution in [0.15, 0.2) is 47.2 Å². The molecule has 134 valence electrons. The SMILES string of the molecule is Cc1cc([C@H](C(=O)O)N(C)Cc2nc(-c3ccncc3)no2)ccc1F. The van der Waals surface area contributed by atoms with Crippen molar-refractivity contribution < 1.29 is 18.8 Å². The second-order valence-corrected chi connectivity index (χ2v) is 5.91. The second-order valence-electron chi connectivity index (χ2n) is 5.91. The zero-order valence-corrected chi connectivity index (χ0v) is 14.3. The van der Waals surface area contributed by atoms with Gasteiger partial charge in [0.05, 0.1) is 6.54 Å². The molecule has 0 spiro atoms. The number of aliphatic carboxylic acids is 1. The molecule has 0 radical (unpaired) electrons. The maximum absolute atomic E-state index is 13.5. The van der Waals surface area contributed by atoms with Gasteiger partial charge in [-0.3, -0.25) is 14.7 Å². The van der Waals surface area contributed by atoms with Crippen LogP contribution in [0, 0.1) is 12.7 Å². The molecule has 8 heteroatoms. The third kappa shape index (κ3) is 3.75. The van der Waals surface area contributed by atoms with Gasteiger partial charge >= 0.3 is 5.97 Å². The van der Waals surface area contributed by atoms with Crippen LogP contribution < -0.4 is 0 Å². The quantitative estimate of drug-likeness (QED) is 0.726. The fourth-order valence-electron chi connectivity index (χ4n) is 2.67. The highest BCUT2D eigenvalue weighted by molar-refractivity contribution is 5.75.